The van der Waals surface area contributed by atoms with E-state index in [0.29, 0.717) is 18.0 Å². The van der Waals surface area contributed by atoms with Crippen LogP contribution in [0.25, 0.3) is 0 Å². The van der Waals surface area contributed by atoms with Crippen molar-refractivity contribution < 1.29 is 19.0 Å². The number of ether oxygens (including phenoxy) is 1. The normalized spacial score (nSPS) is 19.1. The third kappa shape index (κ3) is 2.36. The van der Waals surface area contributed by atoms with Crippen molar-refractivity contribution in [3.8, 4) is 0 Å². The largest absolute Gasteiger partial charge is 0.481 e. The Morgan fingerprint density at radius 1 is 1.62 bits per heavy atom. The monoisotopic (exact) mass is 223 g/mol. The lowest BCUT2D eigenvalue weighted by Gasteiger charge is -2.08. The maximum atomic E-state index is 12.9. The van der Waals surface area contributed by atoms with Crippen LogP contribution in [0.2, 0.25) is 0 Å². The van der Waals surface area contributed by atoms with Gasteiger partial charge in [0.15, 0.2) is 0 Å². The molecule has 4 nitrogen and oxygen atoms in total. The van der Waals surface area contributed by atoms with Crippen molar-refractivity contribution >= 4 is 11.9 Å². The minimum atomic E-state index is -0.930. The van der Waals surface area contributed by atoms with E-state index in [1.54, 1.807) is 12.1 Å². The van der Waals surface area contributed by atoms with E-state index in [2.05, 4.69) is 4.99 Å². The van der Waals surface area contributed by atoms with Crippen LogP contribution in [0.3, 0.4) is 0 Å². The zero-order chi connectivity index (χ0) is 11.5. The number of carboxylic acid groups (broad SMARTS) is 1. The Morgan fingerprint density at radius 2 is 2.44 bits per heavy atom. The lowest BCUT2D eigenvalue weighted by atomic mass is 10.2. The topological polar surface area (TPSA) is 58.9 Å². The van der Waals surface area contributed by atoms with Crippen molar-refractivity contribution in [3.05, 3.63) is 35.6 Å². The van der Waals surface area contributed by atoms with Gasteiger partial charge in [0.25, 0.3) is 0 Å². The number of carbonyl (C=O) groups is 1. The van der Waals surface area contributed by atoms with Crippen LogP contribution in [0.1, 0.15) is 12.0 Å². The molecule has 1 heterocycles. The van der Waals surface area contributed by atoms with E-state index in [1.165, 1.54) is 12.1 Å². The second kappa shape index (κ2) is 4.30. The van der Waals surface area contributed by atoms with Crippen LogP contribution in [-0.2, 0) is 9.53 Å². The molecule has 1 unspecified atom stereocenters. The summed E-state index contributed by atoms with van der Waals surface area (Å²) in [5, 5.41) is 8.58. The molecule has 0 saturated heterocycles. The van der Waals surface area contributed by atoms with Crippen LogP contribution in [0, 0.1) is 5.82 Å². The number of benzene rings is 1. The summed E-state index contributed by atoms with van der Waals surface area (Å²) in [6, 6.07) is 5.86. The van der Waals surface area contributed by atoms with Gasteiger partial charge in [-0.1, -0.05) is 6.07 Å². The van der Waals surface area contributed by atoms with Gasteiger partial charge in [0.2, 0.25) is 5.90 Å². The number of halogens is 1. The van der Waals surface area contributed by atoms with Crippen molar-refractivity contribution in [3.63, 3.8) is 0 Å². The Labute approximate surface area is 91.4 Å². The molecule has 84 valence electrons. The number of hydrogen-bond donors (Lipinski definition) is 1. The van der Waals surface area contributed by atoms with Gasteiger partial charge in [-0.2, -0.15) is 0 Å². The fraction of sp³-hybridized carbons (Fsp3) is 0.273. The molecular weight excluding hydrogens is 213 g/mol. The molecule has 0 radical (unpaired) electrons. The summed E-state index contributed by atoms with van der Waals surface area (Å²) in [5.74, 6) is -0.989. The van der Waals surface area contributed by atoms with Crippen molar-refractivity contribution in [1.82, 2.24) is 0 Å². The Hall–Kier alpha value is -1.91. The molecule has 0 saturated carbocycles. The predicted molar refractivity (Wildman–Crippen MR) is 54.9 cm³/mol. The molecule has 5 heteroatoms. The van der Waals surface area contributed by atoms with Crippen molar-refractivity contribution in [2.75, 3.05) is 6.54 Å². The zero-order valence-electron chi connectivity index (χ0n) is 8.39. The maximum absolute atomic E-state index is 12.9. The molecule has 0 bridgehead atoms. The van der Waals surface area contributed by atoms with Crippen molar-refractivity contribution in [2.24, 2.45) is 4.99 Å². The standard InChI is InChI=1S/C11H10FNO3/c12-8-3-1-2-7(4-8)11-13-6-9(16-11)5-10(14)15/h1-4,9H,5-6H2,(H,14,15). The van der Waals surface area contributed by atoms with Crippen molar-refractivity contribution in [1.29, 1.82) is 0 Å². The van der Waals surface area contributed by atoms with Gasteiger partial charge in [-0.15, -0.1) is 0 Å². The van der Waals surface area contributed by atoms with Crippen molar-refractivity contribution in [2.45, 2.75) is 12.5 Å². The van der Waals surface area contributed by atoms with Crippen LogP contribution in [0.15, 0.2) is 29.3 Å². The minimum absolute atomic E-state index is 0.0949. The first-order chi connectivity index (χ1) is 7.65. The fourth-order valence-electron chi connectivity index (χ4n) is 1.50. The van der Waals surface area contributed by atoms with E-state index >= 15 is 0 Å². The van der Waals surface area contributed by atoms with E-state index in [0.717, 1.165) is 0 Å². The molecule has 2 rings (SSSR count). The number of nitrogens with zero attached hydrogens (tertiary/aromatic N) is 1. The molecule has 0 spiro atoms. The Kier molecular flexibility index (Phi) is 2.85. The number of aliphatic carboxylic acids is 1. The number of carboxylic acids is 1. The fourth-order valence-corrected chi connectivity index (χ4v) is 1.50. The first kappa shape index (κ1) is 10.6. The summed E-state index contributed by atoms with van der Waals surface area (Å²) in [6.07, 6.45) is -0.543. The zero-order valence-corrected chi connectivity index (χ0v) is 8.39. The smallest absolute Gasteiger partial charge is 0.307 e. The lowest BCUT2D eigenvalue weighted by Crippen LogP contribution is -2.17. The van der Waals surface area contributed by atoms with Gasteiger partial charge in [-0.05, 0) is 18.2 Å². The summed E-state index contributed by atoms with van der Waals surface area (Å²) >= 11 is 0. The lowest BCUT2D eigenvalue weighted by molar-refractivity contribution is -0.138. The summed E-state index contributed by atoms with van der Waals surface area (Å²) < 4.78 is 18.2. The predicted octanol–water partition coefficient (Wildman–Crippen LogP) is 1.45. The summed E-state index contributed by atoms with van der Waals surface area (Å²) in [6.45, 7) is 0.304. The summed E-state index contributed by atoms with van der Waals surface area (Å²) in [4.78, 5) is 14.5. The first-order valence-corrected chi connectivity index (χ1v) is 4.84. The van der Waals surface area contributed by atoms with E-state index in [1.807, 2.05) is 0 Å². The molecule has 1 N–H and O–H groups in total. The Balaban J connectivity index is 2.06. The Morgan fingerprint density at radius 3 is 3.12 bits per heavy atom. The van der Waals surface area contributed by atoms with Gasteiger partial charge in [-0.25, -0.2) is 9.38 Å². The highest BCUT2D eigenvalue weighted by molar-refractivity contribution is 5.95. The summed E-state index contributed by atoms with van der Waals surface area (Å²) in [7, 11) is 0. The van der Waals surface area contributed by atoms with Gasteiger partial charge in [0, 0.05) is 5.56 Å². The highest BCUT2D eigenvalue weighted by atomic mass is 19.1. The van der Waals surface area contributed by atoms with E-state index in [4.69, 9.17) is 9.84 Å². The Bertz CT molecular complexity index is 445. The van der Waals surface area contributed by atoms with Crippen LogP contribution in [-0.4, -0.2) is 29.6 Å². The van der Waals surface area contributed by atoms with E-state index < -0.39 is 12.1 Å². The molecule has 0 amide bonds. The highest BCUT2D eigenvalue weighted by Crippen LogP contribution is 2.15. The van der Waals surface area contributed by atoms with E-state index in [-0.39, 0.29) is 12.2 Å². The van der Waals surface area contributed by atoms with Crippen LogP contribution in [0.4, 0.5) is 4.39 Å². The van der Waals surface area contributed by atoms with E-state index in [9.17, 15) is 9.18 Å². The average Bonchev–Trinajstić information content (AvgIpc) is 2.65. The molecule has 0 aromatic heterocycles. The SMILES string of the molecule is O=C(O)CC1CN=C(c2cccc(F)c2)O1. The van der Waals surface area contributed by atoms with Crippen LogP contribution in [0.5, 0.6) is 0 Å². The van der Waals surface area contributed by atoms with Gasteiger partial charge in [-0.3, -0.25) is 4.79 Å². The van der Waals surface area contributed by atoms with Gasteiger partial charge in [0.1, 0.15) is 11.9 Å². The third-order valence-corrected chi connectivity index (χ3v) is 2.19. The average molecular weight is 223 g/mol. The van der Waals surface area contributed by atoms with Gasteiger partial charge in [0.05, 0.1) is 13.0 Å². The quantitative estimate of drug-likeness (QED) is 0.843. The minimum Gasteiger partial charge on any atom is -0.481 e. The molecule has 1 aliphatic rings. The third-order valence-electron chi connectivity index (χ3n) is 2.19. The molecule has 0 fully saturated rings. The van der Waals surface area contributed by atoms with Gasteiger partial charge >= 0.3 is 5.97 Å². The molecule has 1 aromatic carbocycles. The second-order valence-corrected chi connectivity index (χ2v) is 3.49. The molecule has 1 aromatic rings. The number of aliphatic imine (C=N–C) groups is 1. The number of rotatable bonds is 3. The molecule has 1 aliphatic heterocycles. The first-order valence-electron chi connectivity index (χ1n) is 4.84. The van der Waals surface area contributed by atoms with Crippen LogP contribution >= 0.6 is 0 Å². The maximum Gasteiger partial charge on any atom is 0.307 e. The second-order valence-electron chi connectivity index (χ2n) is 3.49. The summed E-state index contributed by atoms with van der Waals surface area (Å²) in [5.41, 5.74) is 0.535. The molecule has 0 aliphatic carbocycles. The van der Waals surface area contributed by atoms with Crippen LogP contribution < -0.4 is 0 Å². The molecular formula is C11H10FNO3. The number of hydrogen-bond acceptors (Lipinski definition) is 3. The molecule has 16 heavy (non-hydrogen) atoms. The van der Waals surface area contributed by atoms with Gasteiger partial charge < -0.3 is 9.84 Å². The molecule has 1 atom stereocenters. The highest BCUT2D eigenvalue weighted by Gasteiger charge is 2.23.